The summed E-state index contributed by atoms with van der Waals surface area (Å²) in [5, 5.41) is 4.03. The normalized spacial score (nSPS) is 22.0. The first-order valence-corrected chi connectivity index (χ1v) is 7.28. The summed E-state index contributed by atoms with van der Waals surface area (Å²) in [4.78, 5) is 17.2. The maximum Gasteiger partial charge on any atom is 0.252 e. The standard InChI is InChI=1S/C14H21N3O4/c1-9(18)17-6-11(7-17)20-8-12-15-13(16-21-12)14(2,19-3)10-4-5-10/h10-11H,4-8H2,1-3H3. The minimum Gasteiger partial charge on any atom is -0.370 e. The molecule has 1 aliphatic carbocycles. The highest BCUT2D eigenvalue weighted by Gasteiger charge is 2.46. The Labute approximate surface area is 123 Å². The summed E-state index contributed by atoms with van der Waals surface area (Å²) >= 11 is 0. The van der Waals surface area contributed by atoms with Gasteiger partial charge in [-0.3, -0.25) is 4.79 Å². The van der Waals surface area contributed by atoms with Crippen molar-refractivity contribution in [3.8, 4) is 0 Å². The smallest absolute Gasteiger partial charge is 0.252 e. The molecule has 1 saturated heterocycles. The number of amides is 1. The first-order valence-electron chi connectivity index (χ1n) is 7.28. The molecule has 116 valence electrons. The number of hydrogen-bond donors (Lipinski definition) is 0. The second-order valence-electron chi connectivity index (χ2n) is 5.95. The molecule has 1 saturated carbocycles. The van der Waals surface area contributed by atoms with Gasteiger partial charge in [0, 0.05) is 27.1 Å². The predicted molar refractivity (Wildman–Crippen MR) is 72.2 cm³/mol. The number of nitrogens with zero attached hydrogens (tertiary/aromatic N) is 3. The van der Waals surface area contributed by atoms with Crippen molar-refractivity contribution in [3.05, 3.63) is 11.7 Å². The van der Waals surface area contributed by atoms with Crippen molar-refractivity contribution in [1.29, 1.82) is 0 Å². The molecule has 0 radical (unpaired) electrons. The molecule has 0 aromatic carbocycles. The fourth-order valence-electron chi connectivity index (χ4n) is 2.58. The molecule has 1 aliphatic heterocycles. The lowest BCUT2D eigenvalue weighted by molar-refractivity contribution is -0.144. The van der Waals surface area contributed by atoms with Gasteiger partial charge in [0.1, 0.15) is 12.2 Å². The van der Waals surface area contributed by atoms with Gasteiger partial charge in [-0.05, 0) is 25.7 Å². The van der Waals surface area contributed by atoms with Gasteiger partial charge in [-0.1, -0.05) is 5.16 Å². The third-order valence-electron chi connectivity index (χ3n) is 4.43. The number of likely N-dealkylation sites (tertiary alicyclic amines) is 1. The Morgan fingerprint density at radius 3 is 2.76 bits per heavy atom. The van der Waals surface area contributed by atoms with Gasteiger partial charge in [0.15, 0.2) is 0 Å². The van der Waals surface area contributed by atoms with Gasteiger partial charge >= 0.3 is 0 Å². The van der Waals surface area contributed by atoms with Crippen LogP contribution in [-0.2, 0) is 26.5 Å². The average molecular weight is 295 g/mol. The van der Waals surface area contributed by atoms with Gasteiger partial charge in [-0.15, -0.1) is 0 Å². The molecule has 7 nitrogen and oxygen atoms in total. The number of carbonyl (C=O) groups excluding carboxylic acids is 1. The average Bonchev–Trinajstić information content (AvgIpc) is 3.15. The quantitative estimate of drug-likeness (QED) is 0.781. The second-order valence-corrected chi connectivity index (χ2v) is 5.95. The minimum absolute atomic E-state index is 0.0569. The van der Waals surface area contributed by atoms with Crippen LogP contribution in [0.5, 0.6) is 0 Å². The Kier molecular flexibility index (Phi) is 3.71. The molecule has 0 N–H and O–H groups in total. The van der Waals surface area contributed by atoms with E-state index < -0.39 is 5.60 Å². The molecule has 3 rings (SSSR count). The van der Waals surface area contributed by atoms with Crippen molar-refractivity contribution >= 4 is 5.91 Å². The molecular weight excluding hydrogens is 274 g/mol. The summed E-state index contributed by atoms with van der Waals surface area (Å²) in [7, 11) is 1.68. The molecule has 1 aromatic heterocycles. The Morgan fingerprint density at radius 1 is 1.48 bits per heavy atom. The molecule has 21 heavy (non-hydrogen) atoms. The van der Waals surface area contributed by atoms with Gasteiger partial charge in [0.2, 0.25) is 11.7 Å². The summed E-state index contributed by atoms with van der Waals surface area (Å²) in [6.45, 7) is 5.09. The van der Waals surface area contributed by atoms with Gasteiger partial charge < -0.3 is 18.9 Å². The zero-order chi connectivity index (χ0) is 15.0. The molecule has 2 aliphatic rings. The Bertz CT molecular complexity index is 522. The maximum absolute atomic E-state index is 11.1. The van der Waals surface area contributed by atoms with Gasteiger partial charge in [0.05, 0.1) is 6.10 Å². The lowest BCUT2D eigenvalue weighted by Crippen LogP contribution is -2.53. The molecule has 7 heteroatoms. The molecule has 1 amide bonds. The highest BCUT2D eigenvalue weighted by molar-refractivity contribution is 5.74. The lowest BCUT2D eigenvalue weighted by atomic mass is 10.00. The van der Waals surface area contributed by atoms with Crippen molar-refractivity contribution in [3.63, 3.8) is 0 Å². The molecule has 2 fully saturated rings. The van der Waals surface area contributed by atoms with Crippen molar-refractivity contribution in [2.75, 3.05) is 20.2 Å². The Balaban J connectivity index is 1.53. The van der Waals surface area contributed by atoms with E-state index >= 15 is 0 Å². The van der Waals surface area contributed by atoms with Crippen molar-refractivity contribution < 1.29 is 18.8 Å². The van der Waals surface area contributed by atoms with Crippen molar-refractivity contribution in [1.82, 2.24) is 15.0 Å². The largest absolute Gasteiger partial charge is 0.370 e. The van der Waals surface area contributed by atoms with Crippen LogP contribution in [0, 0.1) is 5.92 Å². The molecule has 0 bridgehead atoms. The van der Waals surface area contributed by atoms with Crippen LogP contribution >= 0.6 is 0 Å². The molecule has 0 spiro atoms. The Hall–Kier alpha value is -1.47. The zero-order valence-corrected chi connectivity index (χ0v) is 12.7. The first-order chi connectivity index (χ1) is 10.0. The van der Waals surface area contributed by atoms with E-state index in [0.717, 1.165) is 12.8 Å². The van der Waals surface area contributed by atoms with Crippen LogP contribution in [0.4, 0.5) is 0 Å². The summed E-state index contributed by atoms with van der Waals surface area (Å²) in [6.07, 6.45) is 2.32. The minimum atomic E-state index is -0.469. The fourth-order valence-corrected chi connectivity index (χ4v) is 2.58. The Morgan fingerprint density at radius 2 is 2.19 bits per heavy atom. The van der Waals surface area contributed by atoms with E-state index in [2.05, 4.69) is 10.1 Å². The van der Waals surface area contributed by atoms with E-state index in [1.165, 1.54) is 0 Å². The summed E-state index contributed by atoms with van der Waals surface area (Å²) in [6, 6.07) is 0. The van der Waals surface area contributed by atoms with Crippen LogP contribution in [0.15, 0.2) is 4.52 Å². The van der Waals surface area contributed by atoms with Crippen LogP contribution in [-0.4, -0.2) is 47.3 Å². The first kappa shape index (κ1) is 14.5. The predicted octanol–water partition coefficient (Wildman–Crippen LogP) is 1.09. The number of carbonyl (C=O) groups is 1. The molecule has 1 aromatic rings. The molecule has 1 atom stereocenters. The van der Waals surface area contributed by atoms with Crippen LogP contribution in [0.3, 0.4) is 0 Å². The van der Waals surface area contributed by atoms with Crippen molar-refractivity contribution in [2.45, 2.75) is 45.0 Å². The third-order valence-corrected chi connectivity index (χ3v) is 4.43. The summed E-state index contributed by atoms with van der Waals surface area (Å²) < 4.78 is 16.5. The molecule has 1 unspecified atom stereocenters. The number of aromatic nitrogens is 2. The highest BCUT2D eigenvalue weighted by Crippen LogP contribution is 2.46. The number of rotatable bonds is 6. The molecule has 2 heterocycles. The number of hydrogen-bond acceptors (Lipinski definition) is 6. The SMILES string of the molecule is COC(C)(c1noc(COC2CN(C(C)=O)C2)n1)C1CC1. The van der Waals surface area contributed by atoms with Gasteiger partial charge in [0.25, 0.3) is 5.89 Å². The van der Waals surface area contributed by atoms with Gasteiger partial charge in [-0.2, -0.15) is 4.98 Å². The van der Waals surface area contributed by atoms with Gasteiger partial charge in [-0.25, -0.2) is 0 Å². The summed E-state index contributed by atoms with van der Waals surface area (Å²) in [5.74, 6) is 1.58. The van der Waals surface area contributed by atoms with E-state index in [9.17, 15) is 4.79 Å². The maximum atomic E-state index is 11.1. The van der Waals surface area contributed by atoms with E-state index in [0.29, 0.717) is 30.7 Å². The molecular formula is C14H21N3O4. The fraction of sp³-hybridized carbons (Fsp3) is 0.786. The third kappa shape index (κ3) is 2.80. The highest BCUT2D eigenvalue weighted by atomic mass is 16.5. The van der Waals surface area contributed by atoms with Crippen LogP contribution in [0.25, 0.3) is 0 Å². The van der Waals surface area contributed by atoms with E-state index in [1.807, 2.05) is 6.92 Å². The van der Waals surface area contributed by atoms with Crippen LogP contribution < -0.4 is 0 Å². The monoisotopic (exact) mass is 295 g/mol. The van der Waals surface area contributed by atoms with E-state index in [1.54, 1.807) is 18.9 Å². The van der Waals surface area contributed by atoms with Crippen LogP contribution in [0.2, 0.25) is 0 Å². The number of ether oxygens (including phenoxy) is 2. The topological polar surface area (TPSA) is 77.7 Å². The van der Waals surface area contributed by atoms with E-state index in [4.69, 9.17) is 14.0 Å². The summed E-state index contributed by atoms with van der Waals surface area (Å²) in [5.41, 5.74) is -0.469. The number of methoxy groups -OCH3 is 1. The lowest BCUT2D eigenvalue weighted by Gasteiger charge is -2.37. The second kappa shape index (κ2) is 5.38. The zero-order valence-electron chi connectivity index (χ0n) is 12.7. The van der Waals surface area contributed by atoms with Crippen molar-refractivity contribution in [2.24, 2.45) is 5.92 Å². The van der Waals surface area contributed by atoms with Crippen LogP contribution in [0.1, 0.15) is 38.4 Å². The van der Waals surface area contributed by atoms with E-state index in [-0.39, 0.29) is 18.6 Å².